The summed E-state index contributed by atoms with van der Waals surface area (Å²) >= 11 is 5.72. The van der Waals surface area contributed by atoms with E-state index >= 15 is 0 Å². The van der Waals surface area contributed by atoms with E-state index in [0.717, 1.165) is 5.56 Å². The van der Waals surface area contributed by atoms with Gasteiger partial charge in [-0.15, -0.1) is 0 Å². The normalized spacial score (nSPS) is 16.3. The standard InChI is InChI=1S/C14H20ClFO2/c1-4-14(3,18-5-2)13(17)9-10-6-7-12(16)11(15)8-10/h6-8,13,17H,4-5,9H2,1-3H3. The highest BCUT2D eigenvalue weighted by Crippen LogP contribution is 2.24. The third-order valence-corrected chi connectivity index (χ3v) is 3.58. The molecule has 1 N–H and O–H groups in total. The van der Waals surface area contributed by atoms with Crippen LogP contribution in [0.5, 0.6) is 0 Å². The molecule has 1 aromatic rings. The molecular formula is C14H20ClFO2. The maximum atomic E-state index is 13.0. The largest absolute Gasteiger partial charge is 0.390 e. The second-order valence-electron chi connectivity index (χ2n) is 4.57. The van der Waals surface area contributed by atoms with E-state index in [0.29, 0.717) is 19.4 Å². The quantitative estimate of drug-likeness (QED) is 0.859. The number of benzene rings is 1. The van der Waals surface area contributed by atoms with Crippen LogP contribution in [0.15, 0.2) is 18.2 Å². The van der Waals surface area contributed by atoms with Crippen molar-refractivity contribution in [2.24, 2.45) is 0 Å². The summed E-state index contributed by atoms with van der Waals surface area (Å²) in [6, 6.07) is 4.49. The summed E-state index contributed by atoms with van der Waals surface area (Å²) < 4.78 is 18.6. The molecule has 18 heavy (non-hydrogen) atoms. The Kier molecular flexibility index (Phi) is 5.57. The monoisotopic (exact) mass is 274 g/mol. The summed E-state index contributed by atoms with van der Waals surface area (Å²) in [5, 5.41) is 10.3. The van der Waals surface area contributed by atoms with Crippen molar-refractivity contribution in [1.82, 2.24) is 0 Å². The van der Waals surface area contributed by atoms with Crippen LogP contribution >= 0.6 is 11.6 Å². The molecule has 0 heterocycles. The van der Waals surface area contributed by atoms with Crippen LogP contribution in [0, 0.1) is 5.82 Å². The van der Waals surface area contributed by atoms with Crippen molar-refractivity contribution in [3.8, 4) is 0 Å². The van der Waals surface area contributed by atoms with E-state index < -0.39 is 17.5 Å². The molecule has 0 aromatic heterocycles. The predicted octanol–water partition coefficient (Wildman–Crippen LogP) is 3.59. The van der Waals surface area contributed by atoms with E-state index in [4.69, 9.17) is 16.3 Å². The van der Waals surface area contributed by atoms with E-state index in [2.05, 4.69) is 0 Å². The zero-order valence-electron chi connectivity index (χ0n) is 11.0. The summed E-state index contributed by atoms with van der Waals surface area (Å²) in [4.78, 5) is 0. The lowest BCUT2D eigenvalue weighted by Gasteiger charge is -2.33. The van der Waals surface area contributed by atoms with E-state index in [-0.39, 0.29) is 5.02 Å². The minimum atomic E-state index is -0.649. The number of aliphatic hydroxyl groups is 1. The second-order valence-corrected chi connectivity index (χ2v) is 4.97. The van der Waals surface area contributed by atoms with Gasteiger partial charge >= 0.3 is 0 Å². The Morgan fingerprint density at radius 2 is 2.11 bits per heavy atom. The van der Waals surface area contributed by atoms with E-state index in [9.17, 15) is 9.50 Å². The molecule has 2 unspecified atom stereocenters. The van der Waals surface area contributed by atoms with Gasteiger partial charge in [0, 0.05) is 13.0 Å². The Hall–Kier alpha value is -0.640. The first-order valence-corrected chi connectivity index (χ1v) is 6.56. The van der Waals surface area contributed by atoms with Crippen LogP contribution in [0.2, 0.25) is 5.02 Å². The van der Waals surface area contributed by atoms with Crippen molar-refractivity contribution in [3.05, 3.63) is 34.6 Å². The molecule has 0 bridgehead atoms. The fourth-order valence-corrected chi connectivity index (χ4v) is 2.07. The molecular weight excluding hydrogens is 255 g/mol. The van der Waals surface area contributed by atoms with Crippen LogP contribution in [-0.2, 0) is 11.2 Å². The molecule has 0 fully saturated rings. The fourth-order valence-electron chi connectivity index (χ4n) is 1.87. The number of halogens is 2. The van der Waals surface area contributed by atoms with Crippen molar-refractivity contribution in [1.29, 1.82) is 0 Å². The van der Waals surface area contributed by atoms with Crippen LogP contribution in [0.3, 0.4) is 0 Å². The maximum absolute atomic E-state index is 13.0. The molecule has 0 saturated heterocycles. The number of aliphatic hydroxyl groups excluding tert-OH is 1. The molecule has 102 valence electrons. The van der Waals surface area contributed by atoms with Gasteiger partial charge < -0.3 is 9.84 Å². The number of hydrogen-bond donors (Lipinski definition) is 1. The Labute approximate surface area is 113 Å². The summed E-state index contributed by atoms with van der Waals surface area (Å²) in [6.07, 6.45) is 0.449. The minimum Gasteiger partial charge on any atom is -0.390 e. The molecule has 0 radical (unpaired) electrons. The highest BCUT2D eigenvalue weighted by atomic mass is 35.5. The SMILES string of the molecule is CCOC(C)(CC)C(O)Cc1ccc(F)c(Cl)c1. The van der Waals surface area contributed by atoms with E-state index in [1.165, 1.54) is 6.07 Å². The first kappa shape index (κ1) is 15.4. The Balaban J connectivity index is 2.79. The highest BCUT2D eigenvalue weighted by molar-refractivity contribution is 6.30. The first-order chi connectivity index (χ1) is 8.42. The van der Waals surface area contributed by atoms with Crippen molar-refractivity contribution < 1.29 is 14.2 Å². The van der Waals surface area contributed by atoms with Crippen LogP contribution in [0.1, 0.15) is 32.8 Å². The Morgan fingerprint density at radius 3 is 2.61 bits per heavy atom. The lowest BCUT2D eigenvalue weighted by molar-refractivity contribution is -0.110. The van der Waals surface area contributed by atoms with Crippen molar-refractivity contribution >= 4 is 11.6 Å². The molecule has 0 aliphatic carbocycles. The third-order valence-electron chi connectivity index (χ3n) is 3.29. The molecule has 0 spiro atoms. The van der Waals surface area contributed by atoms with Gasteiger partial charge in [-0.05, 0) is 38.0 Å². The average Bonchev–Trinajstić information content (AvgIpc) is 2.34. The van der Waals surface area contributed by atoms with Gasteiger partial charge in [-0.1, -0.05) is 24.6 Å². The molecule has 4 heteroatoms. The number of ether oxygens (including phenoxy) is 1. The van der Waals surface area contributed by atoms with Crippen LogP contribution < -0.4 is 0 Å². The van der Waals surface area contributed by atoms with Gasteiger partial charge in [-0.3, -0.25) is 0 Å². The number of rotatable bonds is 6. The van der Waals surface area contributed by atoms with Gasteiger partial charge in [-0.25, -0.2) is 4.39 Å². The van der Waals surface area contributed by atoms with E-state index in [1.807, 2.05) is 20.8 Å². The second kappa shape index (κ2) is 6.50. The summed E-state index contributed by atoms with van der Waals surface area (Å²) in [5.41, 5.74) is 0.212. The smallest absolute Gasteiger partial charge is 0.141 e. The number of hydrogen-bond acceptors (Lipinski definition) is 2. The first-order valence-electron chi connectivity index (χ1n) is 6.19. The van der Waals surface area contributed by atoms with Gasteiger partial charge in [0.25, 0.3) is 0 Å². The van der Waals surface area contributed by atoms with Gasteiger partial charge in [0.2, 0.25) is 0 Å². The topological polar surface area (TPSA) is 29.5 Å². The lowest BCUT2D eigenvalue weighted by Crippen LogP contribution is -2.42. The zero-order valence-corrected chi connectivity index (χ0v) is 11.8. The van der Waals surface area contributed by atoms with Crippen LogP contribution in [0.25, 0.3) is 0 Å². The van der Waals surface area contributed by atoms with E-state index in [1.54, 1.807) is 12.1 Å². The van der Waals surface area contributed by atoms with Crippen molar-refractivity contribution in [2.45, 2.75) is 45.3 Å². The summed E-state index contributed by atoms with van der Waals surface area (Å²) in [6.45, 7) is 6.30. The van der Waals surface area contributed by atoms with Crippen LogP contribution in [0.4, 0.5) is 4.39 Å². The highest BCUT2D eigenvalue weighted by Gasteiger charge is 2.31. The van der Waals surface area contributed by atoms with Gasteiger partial charge in [0.1, 0.15) is 5.82 Å². The molecule has 2 atom stereocenters. The molecule has 1 aromatic carbocycles. The molecule has 0 amide bonds. The van der Waals surface area contributed by atoms with Crippen molar-refractivity contribution in [2.75, 3.05) is 6.61 Å². The molecule has 0 aliphatic heterocycles. The zero-order chi connectivity index (χ0) is 13.8. The molecule has 1 rings (SSSR count). The predicted molar refractivity (Wildman–Crippen MR) is 71.4 cm³/mol. The Bertz CT molecular complexity index is 397. The maximum Gasteiger partial charge on any atom is 0.141 e. The van der Waals surface area contributed by atoms with Crippen molar-refractivity contribution in [3.63, 3.8) is 0 Å². The molecule has 0 aliphatic rings. The third kappa shape index (κ3) is 3.67. The summed E-state index contributed by atoms with van der Waals surface area (Å²) in [7, 11) is 0. The summed E-state index contributed by atoms with van der Waals surface area (Å²) in [5.74, 6) is -0.446. The minimum absolute atomic E-state index is 0.0781. The lowest BCUT2D eigenvalue weighted by atomic mass is 9.90. The van der Waals surface area contributed by atoms with Gasteiger partial charge in [-0.2, -0.15) is 0 Å². The van der Waals surface area contributed by atoms with Gasteiger partial charge in [0.15, 0.2) is 0 Å². The Morgan fingerprint density at radius 1 is 1.44 bits per heavy atom. The van der Waals surface area contributed by atoms with Crippen LogP contribution in [-0.4, -0.2) is 23.4 Å². The average molecular weight is 275 g/mol. The van der Waals surface area contributed by atoms with Gasteiger partial charge in [0.05, 0.1) is 16.7 Å². The molecule has 0 saturated carbocycles. The fraction of sp³-hybridized carbons (Fsp3) is 0.571. The molecule has 2 nitrogen and oxygen atoms in total.